The van der Waals surface area contributed by atoms with Crippen LogP contribution in [0.15, 0.2) is 0 Å². The van der Waals surface area contributed by atoms with Gasteiger partial charge in [0.25, 0.3) is 0 Å². The Morgan fingerprint density at radius 2 is 2.10 bits per heavy atom. The van der Waals surface area contributed by atoms with Crippen LogP contribution < -0.4 is 0 Å². The number of hydrogen-bond donors (Lipinski definition) is 1. The number of hydrogen-bond acceptors (Lipinski definition) is 5. The minimum absolute atomic E-state index is 0.378. The van der Waals surface area contributed by atoms with Gasteiger partial charge in [0.2, 0.25) is 0 Å². The molecule has 1 heterocycles. The summed E-state index contributed by atoms with van der Waals surface area (Å²) < 4.78 is 36.2. The molecule has 0 aromatic rings. The van der Waals surface area contributed by atoms with E-state index >= 15 is 0 Å². The van der Waals surface area contributed by atoms with Crippen LogP contribution in [-0.4, -0.2) is 54.8 Å². The Bertz CT molecular complexity index is 416. The van der Waals surface area contributed by atoms with Crippen LogP contribution in [0, 0.1) is 5.31 Å². The van der Waals surface area contributed by atoms with Crippen molar-refractivity contribution in [1.82, 2.24) is 4.90 Å². The van der Waals surface area contributed by atoms with Crippen molar-refractivity contribution >= 4 is 19.3 Å². The van der Waals surface area contributed by atoms with E-state index in [2.05, 4.69) is 4.65 Å². The first-order valence-electron chi connectivity index (χ1n) is 6.06. The van der Waals surface area contributed by atoms with Gasteiger partial charge in [-0.1, -0.05) is 0 Å². The molecule has 0 saturated carbocycles. The zero-order valence-electron chi connectivity index (χ0n) is 11.6. The maximum absolute atomic E-state index is 14.0. The van der Waals surface area contributed by atoms with Gasteiger partial charge in [-0.15, -0.1) is 0 Å². The Kier molecular flexibility index (Phi) is 4.83. The van der Waals surface area contributed by atoms with E-state index in [1.807, 2.05) is 0 Å². The number of likely N-dealkylation sites (tertiary alicyclic amines) is 1. The van der Waals surface area contributed by atoms with Crippen molar-refractivity contribution in [3.8, 4) is 0 Å². The summed E-state index contributed by atoms with van der Waals surface area (Å²) in [5.41, 5.74) is -3.13. The summed E-state index contributed by atoms with van der Waals surface area (Å²) in [7, 11) is 0.378. The van der Waals surface area contributed by atoms with E-state index in [-0.39, 0.29) is 0 Å². The first-order valence-corrected chi connectivity index (χ1v) is 6.06. The summed E-state index contributed by atoms with van der Waals surface area (Å²) >= 11 is 0. The fraction of sp³-hybridized carbons (Fsp3) is 0.818. The summed E-state index contributed by atoms with van der Waals surface area (Å²) in [4.78, 5) is 24.4. The van der Waals surface area contributed by atoms with E-state index in [4.69, 9.17) is 10.0 Å². The van der Waals surface area contributed by atoms with E-state index in [1.165, 1.54) is 0 Å². The van der Waals surface area contributed by atoms with Gasteiger partial charge in [-0.2, -0.15) is 0 Å². The predicted octanol–water partition coefficient (Wildman–Crippen LogP) is 1.60. The van der Waals surface area contributed by atoms with E-state index in [9.17, 15) is 18.4 Å². The van der Waals surface area contributed by atoms with E-state index in [0.717, 1.165) is 4.90 Å². The van der Waals surface area contributed by atoms with Crippen LogP contribution in [0.3, 0.4) is 0 Å². The number of rotatable bonds is 3. The van der Waals surface area contributed by atoms with E-state index in [0.29, 0.717) is 7.27 Å². The van der Waals surface area contributed by atoms with Gasteiger partial charge in [0, 0.05) is 0 Å². The summed E-state index contributed by atoms with van der Waals surface area (Å²) in [5.74, 6) is -0.987. The molecule has 1 aliphatic heterocycles. The SMILES string of the molecule is CC(C)(C)OC(=O)N1C[C@@](F)(CF)C[C@H]1C(=O)OB=N. The van der Waals surface area contributed by atoms with Gasteiger partial charge in [0.05, 0.1) is 0 Å². The van der Waals surface area contributed by atoms with Crippen LogP contribution in [0.1, 0.15) is 27.2 Å². The van der Waals surface area contributed by atoms with Crippen LogP contribution in [0.4, 0.5) is 13.6 Å². The molecule has 0 aliphatic carbocycles. The Morgan fingerprint density at radius 3 is 2.55 bits per heavy atom. The van der Waals surface area contributed by atoms with Gasteiger partial charge in [-0.3, -0.25) is 0 Å². The first-order chi connectivity index (χ1) is 9.12. The Labute approximate surface area is 116 Å². The topological polar surface area (TPSA) is 79.7 Å². The van der Waals surface area contributed by atoms with Crippen molar-refractivity contribution in [2.24, 2.45) is 0 Å². The molecule has 0 aromatic carbocycles. The van der Waals surface area contributed by atoms with Crippen molar-refractivity contribution in [2.75, 3.05) is 13.2 Å². The molecule has 1 N–H and O–H groups in total. The van der Waals surface area contributed by atoms with E-state index < -0.39 is 49.0 Å². The second kappa shape index (κ2) is 5.84. The normalized spacial score (nSPS) is 26.1. The molecule has 112 valence electrons. The van der Waals surface area contributed by atoms with Crippen molar-refractivity contribution < 1.29 is 27.8 Å². The minimum atomic E-state index is -2.30. The molecule has 9 heteroatoms. The molecule has 0 bridgehead atoms. The predicted molar refractivity (Wildman–Crippen MR) is 65.7 cm³/mol. The second-order valence-electron chi connectivity index (χ2n) is 5.67. The van der Waals surface area contributed by atoms with Crippen molar-refractivity contribution in [3.05, 3.63) is 0 Å². The third-order valence-electron chi connectivity index (χ3n) is 2.70. The summed E-state index contributed by atoms with van der Waals surface area (Å²) in [5, 5.41) is 6.69. The van der Waals surface area contributed by atoms with Gasteiger partial charge in [-0.05, 0) is 0 Å². The zero-order valence-corrected chi connectivity index (χ0v) is 11.6. The molecule has 1 saturated heterocycles. The first kappa shape index (κ1) is 16.5. The Morgan fingerprint density at radius 1 is 1.50 bits per heavy atom. The van der Waals surface area contributed by atoms with Crippen LogP contribution in [0.2, 0.25) is 0 Å². The van der Waals surface area contributed by atoms with Crippen molar-refractivity contribution in [3.63, 3.8) is 0 Å². The number of nitrogens with one attached hydrogen (secondary N) is 1. The fourth-order valence-electron chi connectivity index (χ4n) is 1.89. The second-order valence-corrected chi connectivity index (χ2v) is 5.67. The molecule has 1 aliphatic rings. The van der Waals surface area contributed by atoms with Crippen LogP contribution in [0.5, 0.6) is 0 Å². The van der Waals surface area contributed by atoms with E-state index in [1.54, 1.807) is 20.8 Å². The molecule has 0 spiro atoms. The number of alkyl halides is 2. The van der Waals surface area contributed by atoms with Gasteiger partial charge < -0.3 is 0 Å². The summed E-state index contributed by atoms with van der Waals surface area (Å²) in [6.45, 7) is 2.94. The van der Waals surface area contributed by atoms with Gasteiger partial charge in [0.15, 0.2) is 0 Å². The third kappa shape index (κ3) is 3.98. The average Bonchev–Trinajstić information content (AvgIpc) is 2.67. The molecule has 0 radical (unpaired) electrons. The molecule has 0 aromatic heterocycles. The number of carbonyl (C=O) groups excluding carboxylic acids is 2. The molecular weight excluding hydrogens is 273 g/mol. The van der Waals surface area contributed by atoms with Crippen LogP contribution in [0.25, 0.3) is 0 Å². The van der Waals surface area contributed by atoms with Crippen molar-refractivity contribution in [2.45, 2.75) is 44.5 Å². The zero-order chi connectivity index (χ0) is 15.6. The Hall–Kier alpha value is -1.54. The maximum atomic E-state index is 14.0. The molecule has 1 fully saturated rings. The number of nitrogens with zero attached hydrogens (tertiary/aromatic N) is 1. The quantitative estimate of drug-likeness (QED) is 0.801. The summed E-state index contributed by atoms with van der Waals surface area (Å²) in [6.07, 6.45) is -1.44. The number of amides is 1. The fourth-order valence-corrected chi connectivity index (χ4v) is 1.89. The molecule has 6 nitrogen and oxygen atoms in total. The molecule has 1 rings (SSSR count). The molecular formula is C11H17BF2N2O4. The number of halogens is 2. The van der Waals surface area contributed by atoms with Crippen molar-refractivity contribution in [1.29, 1.82) is 5.31 Å². The standard InChI is InChI=1S/C11H17BF2N2O4/c1-10(2,3)19-9(18)16-6-11(14,5-13)4-7(16)8(17)20-12-15/h7,15H,4-6H2,1-3H3/t7-,11-/m0/s1. The molecule has 20 heavy (non-hydrogen) atoms. The number of ether oxygens (including phenoxy) is 1. The summed E-state index contributed by atoms with van der Waals surface area (Å²) in [6, 6.07) is -1.30. The van der Waals surface area contributed by atoms with Crippen LogP contribution in [-0.2, 0) is 14.2 Å². The third-order valence-corrected chi connectivity index (χ3v) is 2.70. The average molecular weight is 290 g/mol. The number of carbonyl (C=O) groups is 2. The van der Waals surface area contributed by atoms with Gasteiger partial charge in [-0.25, -0.2) is 0 Å². The van der Waals surface area contributed by atoms with Crippen LogP contribution >= 0.6 is 0 Å². The molecule has 1 amide bonds. The van der Waals surface area contributed by atoms with Gasteiger partial charge >= 0.3 is 115 Å². The Balaban J connectivity index is 2.91. The molecule has 0 unspecified atom stereocenters. The van der Waals surface area contributed by atoms with Gasteiger partial charge in [0.1, 0.15) is 0 Å². The monoisotopic (exact) mass is 290 g/mol. The molecule has 2 atom stereocenters.